The number of hydrogen-bond donors (Lipinski definition) is 0. The molecule has 0 radical (unpaired) electrons. The van der Waals surface area contributed by atoms with E-state index in [1.54, 1.807) is 31.8 Å². The van der Waals surface area contributed by atoms with Crippen molar-refractivity contribution in [3.05, 3.63) is 30.2 Å². The summed E-state index contributed by atoms with van der Waals surface area (Å²) >= 11 is 1.66. The first-order valence-electron chi connectivity index (χ1n) is 11.5. The summed E-state index contributed by atoms with van der Waals surface area (Å²) in [6, 6.07) is 2.39. The lowest BCUT2D eigenvalue weighted by Gasteiger charge is -2.27. The molecule has 0 amide bonds. The van der Waals surface area contributed by atoms with Crippen LogP contribution in [0.2, 0.25) is 0 Å². The highest BCUT2D eigenvalue weighted by Gasteiger charge is 2.40. The summed E-state index contributed by atoms with van der Waals surface area (Å²) in [4.78, 5) is 18.9. The van der Waals surface area contributed by atoms with Gasteiger partial charge in [0.25, 0.3) is 0 Å². The molecule has 0 spiro atoms. The summed E-state index contributed by atoms with van der Waals surface area (Å²) in [5.41, 5.74) is 1.76. The SMILES string of the molecule is COC[C@@]1(OC)CCN(c2nc(-c3nccn3C)nc3sc(-c4ccn(C(C)C)n4)c(C)c23)C1. The van der Waals surface area contributed by atoms with Gasteiger partial charge in [-0.15, -0.1) is 11.3 Å². The van der Waals surface area contributed by atoms with Gasteiger partial charge < -0.3 is 18.9 Å². The van der Waals surface area contributed by atoms with Crippen LogP contribution in [0.25, 0.3) is 32.4 Å². The quantitative estimate of drug-likeness (QED) is 0.393. The van der Waals surface area contributed by atoms with Crippen LogP contribution in [0.5, 0.6) is 0 Å². The maximum absolute atomic E-state index is 5.92. The van der Waals surface area contributed by atoms with Gasteiger partial charge in [-0.1, -0.05) is 0 Å². The normalized spacial score (nSPS) is 18.6. The Kier molecular flexibility index (Phi) is 5.91. The maximum atomic E-state index is 5.92. The van der Waals surface area contributed by atoms with Crippen molar-refractivity contribution < 1.29 is 9.47 Å². The summed E-state index contributed by atoms with van der Waals surface area (Å²) in [5, 5.41) is 5.89. The van der Waals surface area contributed by atoms with E-state index in [1.807, 2.05) is 28.7 Å². The first-order chi connectivity index (χ1) is 16.4. The third kappa shape index (κ3) is 3.79. The van der Waals surface area contributed by atoms with Crippen molar-refractivity contribution in [3.63, 3.8) is 0 Å². The minimum Gasteiger partial charge on any atom is -0.382 e. The Morgan fingerprint density at radius 2 is 2.03 bits per heavy atom. The molecule has 0 unspecified atom stereocenters. The van der Waals surface area contributed by atoms with Crippen LogP contribution in [-0.4, -0.2) is 68.8 Å². The van der Waals surface area contributed by atoms with Crippen molar-refractivity contribution in [2.24, 2.45) is 7.05 Å². The Hall–Kier alpha value is -2.82. The number of aromatic nitrogens is 6. The molecule has 0 aromatic carbocycles. The van der Waals surface area contributed by atoms with Gasteiger partial charge in [-0.05, 0) is 38.8 Å². The minimum absolute atomic E-state index is 0.307. The molecule has 4 aromatic heterocycles. The molecule has 5 rings (SSSR count). The Morgan fingerprint density at radius 1 is 1.21 bits per heavy atom. The van der Waals surface area contributed by atoms with E-state index in [0.717, 1.165) is 51.0 Å². The van der Waals surface area contributed by atoms with Crippen LogP contribution in [0.3, 0.4) is 0 Å². The van der Waals surface area contributed by atoms with Crippen molar-refractivity contribution in [3.8, 4) is 22.2 Å². The number of anilines is 1. The Morgan fingerprint density at radius 3 is 2.68 bits per heavy atom. The number of imidazole rings is 1. The predicted molar refractivity (Wildman–Crippen MR) is 134 cm³/mol. The van der Waals surface area contributed by atoms with E-state index in [-0.39, 0.29) is 5.60 Å². The largest absolute Gasteiger partial charge is 0.382 e. The van der Waals surface area contributed by atoms with Gasteiger partial charge in [0.1, 0.15) is 21.9 Å². The molecule has 0 N–H and O–H groups in total. The molecule has 9 nitrogen and oxygen atoms in total. The minimum atomic E-state index is -0.349. The number of rotatable bonds is 7. The molecule has 34 heavy (non-hydrogen) atoms. The highest BCUT2D eigenvalue weighted by molar-refractivity contribution is 7.22. The number of fused-ring (bicyclic) bond motifs is 1. The second-order valence-electron chi connectivity index (χ2n) is 9.24. The second-order valence-corrected chi connectivity index (χ2v) is 10.2. The number of aryl methyl sites for hydroxylation is 2. The Labute approximate surface area is 203 Å². The van der Waals surface area contributed by atoms with Gasteiger partial charge in [-0.3, -0.25) is 4.68 Å². The number of nitrogens with zero attached hydrogens (tertiary/aromatic N) is 7. The molecular weight excluding hydrogens is 450 g/mol. The molecule has 1 aliphatic heterocycles. The Bertz CT molecular complexity index is 1320. The van der Waals surface area contributed by atoms with E-state index in [1.165, 1.54) is 0 Å². The van der Waals surface area contributed by atoms with Crippen LogP contribution in [0.4, 0.5) is 5.82 Å². The number of thiophene rings is 1. The molecule has 1 aliphatic rings. The first kappa shape index (κ1) is 22.9. The lowest BCUT2D eigenvalue weighted by Crippen LogP contribution is -2.40. The van der Waals surface area contributed by atoms with Gasteiger partial charge in [-0.25, -0.2) is 15.0 Å². The first-order valence-corrected chi connectivity index (χ1v) is 12.3. The van der Waals surface area contributed by atoms with Crippen molar-refractivity contribution >= 4 is 27.4 Å². The van der Waals surface area contributed by atoms with E-state index in [4.69, 9.17) is 24.5 Å². The van der Waals surface area contributed by atoms with Crippen molar-refractivity contribution in [1.82, 2.24) is 29.3 Å². The third-order valence-corrected chi connectivity index (χ3v) is 7.83. The van der Waals surface area contributed by atoms with Crippen LogP contribution in [-0.2, 0) is 16.5 Å². The zero-order chi connectivity index (χ0) is 24.0. The molecule has 5 heterocycles. The standard InChI is InChI=1S/C24H31N7O2S/c1-15(2)31-10-7-17(28-31)19-16(3)18-21(30-11-8-24(13-30,33-6)14-32-5)26-20(27-23(18)34-19)22-25-9-12-29(22)4/h7,9-10,12,15H,8,11,13-14H2,1-6H3/t24-/m1/s1. The molecule has 10 heteroatoms. The average Bonchev–Trinajstić information content (AvgIpc) is 3.60. The zero-order valence-electron chi connectivity index (χ0n) is 20.6. The lowest BCUT2D eigenvalue weighted by molar-refractivity contribution is -0.0480. The second kappa shape index (κ2) is 8.75. The fourth-order valence-corrected chi connectivity index (χ4v) is 5.79. The zero-order valence-corrected chi connectivity index (χ0v) is 21.4. The van der Waals surface area contributed by atoms with Crippen molar-refractivity contribution in [2.45, 2.75) is 38.8 Å². The van der Waals surface area contributed by atoms with E-state index in [9.17, 15) is 0 Å². The van der Waals surface area contributed by atoms with Crippen LogP contribution in [0.1, 0.15) is 31.9 Å². The monoisotopic (exact) mass is 481 g/mol. The van der Waals surface area contributed by atoms with Crippen LogP contribution in [0.15, 0.2) is 24.7 Å². The van der Waals surface area contributed by atoms with Gasteiger partial charge in [-0.2, -0.15) is 5.10 Å². The summed E-state index contributed by atoms with van der Waals surface area (Å²) in [6.45, 7) is 8.48. The summed E-state index contributed by atoms with van der Waals surface area (Å²) in [7, 11) is 5.44. The van der Waals surface area contributed by atoms with Crippen LogP contribution in [0, 0.1) is 6.92 Å². The summed E-state index contributed by atoms with van der Waals surface area (Å²) in [5.74, 6) is 2.28. The van der Waals surface area contributed by atoms with Gasteiger partial charge >= 0.3 is 0 Å². The third-order valence-electron chi connectivity index (χ3n) is 6.62. The molecule has 1 fully saturated rings. The van der Waals surface area contributed by atoms with Gasteiger partial charge in [0.15, 0.2) is 11.6 Å². The predicted octanol–water partition coefficient (Wildman–Crippen LogP) is 4.09. The van der Waals surface area contributed by atoms with Gasteiger partial charge in [0.05, 0.1) is 23.4 Å². The maximum Gasteiger partial charge on any atom is 0.199 e. The number of ether oxygens (including phenoxy) is 2. The highest BCUT2D eigenvalue weighted by Crippen LogP contribution is 2.43. The number of hydrogen-bond acceptors (Lipinski definition) is 8. The molecule has 4 aromatic rings. The lowest BCUT2D eigenvalue weighted by atomic mass is 10.1. The van der Waals surface area contributed by atoms with Crippen LogP contribution >= 0.6 is 11.3 Å². The topological polar surface area (TPSA) is 83.1 Å². The average molecular weight is 482 g/mol. The Balaban J connectivity index is 1.67. The van der Waals surface area contributed by atoms with Crippen molar-refractivity contribution in [1.29, 1.82) is 0 Å². The highest BCUT2D eigenvalue weighted by atomic mass is 32.1. The summed E-state index contributed by atoms with van der Waals surface area (Å²) in [6.07, 6.45) is 6.59. The molecule has 0 aliphatic carbocycles. The smallest absolute Gasteiger partial charge is 0.199 e. The van der Waals surface area contributed by atoms with E-state index < -0.39 is 0 Å². The molecular formula is C24H31N7O2S. The fourth-order valence-electron chi connectivity index (χ4n) is 4.65. The molecule has 0 bridgehead atoms. The van der Waals surface area contributed by atoms with E-state index in [2.05, 4.69) is 36.7 Å². The molecule has 1 atom stereocenters. The number of methoxy groups -OCH3 is 2. The van der Waals surface area contributed by atoms with E-state index >= 15 is 0 Å². The fraction of sp³-hybridized carbons (Fsp3) is 0.500. The van der Waals surface area contributed by atoms with E-state index in [0.29, 0.717) is 25.0 Å². The molecule has 0 saturated carbocycles. The van der Waals surface area contributed by atoms with Crippen molar-refractivity contribution in [2.75, 3.05) is 38.8 Å². The summed E-state index contributed by atoms with van der Waals surface area (Å²) < 4.78 is 15.3. The van der Waals surface area contributed by atoms with Gasteiger partial charge in [0.2, 0.25) is 0 Å². The van der Waals surface area contributed by atoms with Crippen LogP contribution < -0.4 is 4.90 Å². The van der Waals surface area contributed by atoms with Gasteiger partial charge in [0, 0.05) is 52.4 Å². The molecule has 180 valence electrons. The molecule has 1 saturated heterocycles.